The number of Topliss-reactive ketones (excluding diaryl/α,β-unsaturated/α-hetero) is 1. The van der Waals surface area contributed by atoms with Gasteiger partial charge in [-0.05, 0) is 0 Å². The normalized spacial score (nSPS) is 15.1. The molecule has 0 spiro atoms. The van der Waals surface area contributed by atoms with Crippen LogP contribution in [-0.4, -0.2) is 74.2 Å². The number of benzene rings is 1. The lowest BCUT2D eigenvalue weighted by molar-refractivity contribution is 0.0973. The number of aromatic nitrogens is 4. The third-order valence-corrected chi connectivity index (χ3v) is 5.46. The predicted octanol–water partition coefficient (Wildman–Crippen LogP) is -0.579. The molecule has 10 nitrogen and oxygen atoms in total. The lowest BCUT2D eigenvalue weighted by Crippen LogP contribution is -2.48. The number of β-amino-alcohol motifs (C(OH)–C–C–N with tert-alkyl or cyclic N) is 1. The number of hydrogen-bond acceptors (Lipinski definition) is 7. The summed E-state index contributed by atoms with van der Waals surface area (Å²) in [6, 6.07) is 8.87. The molecule has 0 amide bonds. The van der Waals surface area contributed by atoms with Crippen molar-refractivity contribution < 1.29 is 9.90 Å². The molecule has 2 aromatic heterocycles. The second kappa shape index (κ2) is 8.25. The Morgan fingerprint density at radius 1 is 1.13 bits per heavy atom. The Labute approximate surface area is 172 Å². The maximum Gasteiger partial charge on any atom is 0.329 e. The summed E-state index contributed by atoms with van der Waals surface area (Å²) < 4.78 is 2.89. The van der Waals surface area contributed by atoms with Gasteiger partial charge in [-0.2, -0.15) is 4.98 Å². The summed E-state index contributed by atoms with van der Waals surface area (Å²) in [7, 11) is 1.54. The number of aliphatic hydroxyl groups excluding tert-OH is 1. The first kappa shape index (κ1) is 20.0. The highest BCUT2D eigenvalue weighted by Gasteiger charge is 2.26. The van der Waals surface area contributed by atoms with Gasteiger partial charge in [-0.1, -0.05) is 30.3 Å². The van der Waals surface area contributed by atoms with Gasteiger partial charge >= 0.3 is 5.69 Å². The third-order valence-electron chi connectivity index (χ3n) is 5.46. The fourth-order valence-electron chi connectivity index (χ4n) is 3.79. The number of rotatable bonds is 6. The zero-order valence-corrected chi connectivity index (χ0v) is 16.7. The molecular formula is C20H24N6O4. The summed E-state index contributed by atoms with van der Waals surface area (Å²) in [4.78, 5) is 48.6. The summed E-state index contributed by atoms with van der Waals surface area (Å²) >= 11 is 0. The van der Waals surface area contributed by atoms with Crippen molar-refractivity contribution in [3.8, 4) is 0 Å². The van der Waals surface area contributed by atoms with Gasteiger partial charge in [0.2, 0.25) is 5.95 Å². The van der Waals surface area contributed by atoms with Crippen LogP contribution in [0.1, 0.15) is 10.4 Å². The van der Waals surface area contributed by atoms with E-state index < -0.39 is 11.2 Å². The van der Waals surface area contributed by atoms with Crippen LogP contribution in [0, 0.1) is 0 Å². The standard InChI is InChI=1S/C20H24N6O4/c1-23-17-16(18(29)22-20(23)30)26(13-15(28)14-5-3-2-4-6-14)19(21-17)25-9-7-24(8-10-25)11-12-27/h2-6,27H,7-13H2,1H3,(H,22,29,30). The van der Waals surface area contributed by atoms with E-state index in [0.29, 0.717) is 31.1 Å². The zero-order valence-electron chi connectivity index (χ0n) is 16.7. The van der Waals surface area contributed by atoms with Crippen molar-refractivity contribution in [3.63, 3.8) is 0 Å². The zero-order chi connectivity index (χ0) is 21.3. The predicted molar refractivity (Wildman–Crippen MR) is 112 cm³/mol. The highest BCUT2D eigenvalue weighted by atomic mass is 16.3. The first-order chi connectivity index (χ1) is 14.5. The second-order valence-electron chi connectivity index (χ2n) is 7.33. The van der Waals surface area contributed by atoms with Gasteiger partial charge in [-0.3, -0.25) is 28.6 Å². The number of nitrogens with zero attached hydrogens (tertiary/aromatic N) is 5. The summed E-state index contributed by atoms with van der Waals surface area (Å²) in [6.07, 6.45) is 0. The van der Waals surface area contributed by atoms with E-state index in [1.807, 2.05) is 11.0 Å². The quantitative estimate of drug-likeness (QED) is 0.521. The van der Waals surface area contributed by atoms with Crippen molar-refractivity contribution >= 4 is 22.9 Å². The van der Waals surface area contributed by atoms with Gasteiger partial charge in [-0.15, -0.1) is 0 Å². The van der Waals surface area contributed by atoms with Crippen molar-refractivity contribution in [2.75, 3.05) is 44.2 Å². The molecule has 1 aliphatic rings. The third kappa shape index (κ3) is 3.66. The first-order valence-electron chi connectivity index (χ1n) is 9.85. The molecule has 10 heteroatoms. The number of carbonyl (C=O) groups is 1. The minimum Gasteiger partial charge on any atom is -0.395 e. The van der Waals surface area contributed by atoms with Gasteiger partial charge < -0.3 is 10.0 Å². The Morgan fingerprint density at radius 3 is 2.50 bits per heavy atom. The Bertz CT molecular complexity index is 1170. The number of imidazole rings is 1. The molecule has 0 unspecified atom stereocenters. The van der Waals surface area contributed by atoms with Crippen LogP contribution in [0.5, 0.6) is 0 Å². The Morgan fingerprint density at radius 2 is 1.83 bits per heavy atom. The van der Waals surface area contributed by atoms with Gasteiger partial charge in [0, 0.05) is 45.3 Å². The molecule has 1 saturated heterocycles. The number of H-pyrrole nitrogens is 1. The van der Waals surface area contributed by atoms with Crippen LogP contribution in [0.25, 0.3) is 11.2 Å². The molecule has 4 rings (SSSR count). The monoisotopic (exact) mass is 412 g/mol. The number of hydrogen-bond donors (Lipinski definition) is 2. The molecule has 1 fully saturated rings. The maximum atomic E-state index is 12.9. The summed E-state index contributed by atoms with van der Waals surface area (Å²) in [5.41, 5.74) is -0.122. The SMILES string of the molecule is Cn1c(=O)[nH]c(=O)c2c1nc(N1CCN(CCO)CC1)n2CC(=O)c1ccccc1. The number of carbonyl (C=O) groups excluding carboxylic acids is 1. The molecule has 1 aromatic carbocycles. The van der Waals surface area contributed by atoms with Gasteiger partial charge in [0.15, 0.2) is 16.9 Å². The smallest absolute Gasteiger partial charge is 0.329 e. The van der Waals surface area contributed by atoms with Crippen molar-refractivity contribution in [1.29, 1.82) is 0 Å². The van der Waals surface area contributed by atoms with Crippen molar-refractivity contribution in [2.45, 2.75) is 6.54 Å². The maximum absolute atomic E-state index is 12.9. The number of fused-ring (bicyclic) bond motifs is 1. The van der Waals surface area contributed by atoms with Gasteiger partial charge in [0.1, 0.15) is 0 Å². The molecule has 0 atom stereocenters. The van der Waals surface area contributed by atoms with Gasteiger partial charge in [0.05, 0.1) is 13.2 Å². The molecule has 0 radical (unpaired) electrons. The highest BCUT2D eigenvalue weighted by Crippen LogP contribution is 2.21. The molecule has 2 N–H and O–H groups in total. The Kier molecular flexibility index (Phi) is 5.51. The minimum atomic E-state index is -0.563. The van der Waals surface area contributed by atoms with E-state index in [1.54, 1.807) is 35.9 Å². The van der Waals surface area contributed by atoms with Crippen LogP contribution in [0.15, 0.2) is 39.9 Å². The van der Waals surface area contributed by atoms with E-state index in [1.165, 1.54) is 4.57 Å². The van der Waals surface area contributed by atoms with Crippen LogP contribution < -0.4 is 16.1 Å². The van der Waals surface area contributed by atoms with E-state index in [4.69, 9.17) is 5.11 Å². The van der Waals surface area contributed by atoms with Crippen molar-refractivity contribution in [1.82, 2.24) is 24.0 Å². The number of aliphatic hydroxyl groups is 1. The van der Waals surface area contributed by atoms with Crippen molar-refractivity contribution in [3.05, 3.63) is 56.7 Å². The molecule has 3 aromatic rings. The molecule has 3 heterocycles. The Balaban J connectivity index is 1.77. The number of nitrogens with one attached hydrogen (secondary N) is 1. The molecule has 0 bridgehead atoms. The molecule has 30 heavy (non-hydrogen) atoms. The number of anilines is 1. The summed E-state index contributed by atoms with van der Waals surface area (Å²) in [5, 5.41) is 9.16. The highest BCUT2D eigenvalue weighted by molar-refractivity contribution is 5.96. The van der Waals surface area contributed by atoms with E-state index in [-0.39, 0.29) is 30.1 Å². The van der Waals surface area contributed by atoms with Gasteiger partial charge in [0.25, 0.3) is 5.56 Å². The van der Waals surface area contributed by atoms with E-state index in [2.05, 4.69) is 14.9 Å². The van der Waals surface area contributed by atoms with E-state index in [0.717, 1.165) is 13.1 Å². The van der Waals surface area contributed by atoms with Crippen LogP contribution >= 0.6 is 0 Å². The summed E-state index contributed by atoms with van der Waals surface area (Å²) in [6.45, 7) is 3.36. The second-order valence-corrected chi connectivity index (χ2v) is 7.33. The minimum absolute atomic E-state index is 0.0615. The van der Waals surface area contributed by atoms with Gasteiger partial charge in [-0.25, -0.2) is 4.79 Å². The lowest BCUT2D eigenvalue weighted by atomic mass is 10.1. The fraction of sp³-hybridized carbons (Fsp3) is 0.400. The molecule has 0 aliphatic carbocycles. The van der Waals surface area contributed by atoms with E-state index in [9.17, 15) is 14.4 Å². The average molecular weight is 412 g/mol. The van der Waals surface area contributed by atoms with Crippen LogP contribution in [-0.2, 0) is 13.6 Å². The Hall–Kier alpha value is -3.24. The summed E-state index contributed by atoms with van der Waals surface area (Å²) in [5.74, 6) is 0.341. The number of aryl methyl sites for hydroxylation is 1. The van der Waals surface area contributed by atoms with E-state index >= 15 is 0 Å². The first-order valence-corrected chi connectivity index (χ1v) is 9.85. The lowest BCUT2D eigenvalue weighted by Gasteiger charge is -2.35. The van der Waals surface area contributed by atoms with Crippen molar-refractivity contribution in [2.24, 2.45) is 7.05 Å². The molecule has 0 saturated carbocycles. The molecular weight excluding hydrogens is 388 g/mol. The fourth-order valence-corrected chi connectivity index (χ4v) is 3.79. The topological polar surface area (TPSA) is 116 Å². The molecule has 158 valence electrons. The average Bonchev–Trinajstić information content (AvgIpc) is 3.13. The van der Waals surface area contributed by atoms with Crippen LogP contribution in [0.2, 0.25) is 0 Å². The largest absolute Gasteiger partial charge is 0.395 e. The number of ketones is 1. The van der Waals surface area contributed by atoms with Crippen LogP contribution in [0.3, 0.4) is 0 Å². The molecule has 1 aliphatic heterocycles. The number of piperazine rings is 1. The van der Waals surface area contributed by atoms with Crippen LogP contribution in [0.4, 0.5) is 5.95 Å². The number of aromatic amines is 1.